The Balaban J connectivity index is 2.64. The summed E-state index contributed by atoms with van der Waals surface area (Å²) in [7, 11) is 4.15. The van der Waals surface area contributed by atoms with E-state index in [2.05, 4.69) is 76.0 Å². The van der Waals surface area contributed by atoms with Crippen molar-refractivity contribution < 1.29 is 9.47 Å². The fourth-order valence-electron chi connectivity index (χ4n) is 3.99. The van der Waals surface area contributed by atoms with Gasteiger partial charge < -0.3 is 9.47 Å². The second-order valence-electron chi connectivity index (χ2n) is 7.98. The highest BCUT2D eigenvalue weighted by Crippen LogP contribution is 2.51. The Morgan fingerprint density at radius 1 is 1.13 bits per heavy atom. The maximum atomic E-state index is 6.24. The third kappa shape index (κ3) is 5.50. The Hall–Kier alpha value is -1.70. The van der Waals surface area contributed by atoms with Gasteiger partial charge in [0.2, 0.25) is 0 Å². The van der Waals surface area contributed by atoms with Gasteiger partial charge in [0.15, 0.2) is 6.79 Å². The number of hydrogen-bond donors (Lipinski definition) is 0. The number of benzene rings is 2. The minimum absolute atomic E-state index is 0.0120. The highest BCUT2D eigenvalue weighted by molar-refractivity contribution is 7.48. The first-order chi connectivity index (χ1) is 14.5. The van der Waals surface area contributed by atoms with E-state index in [0.29, 0.717) is 14.5 Å². The van der Waals surface area contributed by atoms with Crippen LogP contribution in [0.3, 0.4) is 0 Å². The first kappa shape index (κ1) is 24.6. The minimum atomic E-state index is 0.0120. The number of nitrogens with zero attached hydrogens (tertiary/aromatic N) is 1. The van der Waals surface area contributed by atoms with E-state index < -0.39 is 0 Å². The first-order valence-corrected chi connectivity index (χ1v) is 12.0. The Bertz CT molecular complexity index is 843. The molecule has 2 atom stereocenters. The smallest absolute Gasteiger partial charge is 0.188 e. The monoisotopic (exact) mass is 427 g/mol. The molecule has 0 amide bonds. The van der Waals surface area contributed by atoms with Gasteiger partial charge in [-0.05, 0) is 54.6 Å². The predicted octanol–water partition coefficient (Wildman–Crippen LogP) is 6.56. The van der Waals surface area contributed by atoms with Crippen LogP contribution in [0.1, 0.15) is 75.1 Å². The molecule has 0 aliphatic rings. The van der Waals surface area contributed by atoms with Gasteiger partial charge in [0, 0.05) is 31.1 Å². The molecular weight excluding hydrogens is 389 g/mol. The molecule has 3 nitrogen and oxygen atoms in total. The van der Waals surface area contributed by atoms with E-state index in [1.165, 1.54) is 27.6 Å². The number of methoxy groups -OCH3 is 1. The third-order valence-corrected chi connectivity index (χ3v) is 8.26. The summed E-state index contributed by atoms with van der Waals surface area (Å²) in [6.45, 7) is 11.5. The predicted molar refractivity (Wildman–Crippen MR) is 133 cm³/mol. The molecule has 30 heavy (non-hydrogen) atoms. The zero-order valence-electron chi connectivity index (χ0n) is 19.7. The van der Waals surface area contributed by atoms with Gasteiger partial charge >= 0.3 is 0 Å². The summed E-state index contributed by atoms with van der Waals surface area (Å²) in [6.07, 6.45) is 5.16. The molecule has 0 aliphatic carbocycles. The van der Waals surface area contributed by atoms with Gasteiger partial charge in [-0.25, -0.2) is 0 Å². The van der Waals surface area contributed by atoms with Gasteiger partial charge in [-0.15, -0.1) is 0 Å². The number of para-hydroxylation sites is 1. The van der Waals surface area contributed by atoms with Crippen LogP contribution < -0.4 is 10.0 Å². The van der Waals surface area contributed by atoms with Crippen molar-refractivity contribution in [3.05, 3.63) is 58.7 Å². The SMILES string of the molecule is CCC(C)c1cccc(C(CC)(CC)Pc2ccc(C)cc2/C=N/C)c1OCOC. The van der Waals surface area contributed by atoms with Crippen molar-refractivity contribution in [2.45, 2.75) is 65.0 Å². The lowest BCUT2D eigenvalue weighted by molar-refractivity contribution is 0.0490. The molecule has 4 heteroatoms. The van der Waals surface area contributed by atoms with Gasteiger partial charge in [0.05, 0.1) is 0 Å². The van der Waals surface area contributed by atoms with Crippen LogP contribution in [0.2, 0.25) is 0 Å². The topological polar surface area (TPSA) is 30.8 Å². The lowest BCUT2D eigenvalue weighted by atomic mass is 9.87. The van der Waals surface area contributed by atoms with Crippen LogP contribution in [0, 0.1) is 6.92 Å². The van der Waals surface area contributed by atoms with E-state index in [4.69, 9.17) is 9.47 Å². The molecule has 0 aliphatic heterocycles. The summed E-state index contributed by atoms with van der Waals surface area (Å²) in [5, 5.41) is 1.37. The van der Waals surface area contributed by atoms with Crippen molar-refractivity contribution in [2.75, 3.05) is 21.0 Å². The molecule has 2 aromatic rings. The van der Waals surface area contributed by atoms with Crippen molar-refractivity contribution in [3.8, 4) is 5.75 Å². The van der Waals surface area contributed by atoms with Crippen LogP contribution in [0.5, 0.6) is 5.75 Å². The van der Waals surface area contributed by atoms with Crippen LogP contribution in [0.25, 0.3) is 0 Å². The first-order valence-electron chi connectivity index (χ1n) is 11.0. The average molecular weight is 428 g/mol. The van der Waals surface area contributed by atoms with Crippen molar-refractivity contribution in [1.82, 2.24) is 0 Å². The maximum Gasteiger partial charge on any atom is 0.188 e. The molecule has 164 valence electrons. The fraction of sp³-hybridized carbons (Fsp3) is 0.500. The van der Waals surface area contributed by atoms with E-state index in [-0.39, 0.29) is 11.9 Å². The van der Waals surface area contributed by atoms with Crippen LogP contribution in [0.15, 0.2) is 41.4 Å². The maximum absolute atomic E-state index is 6.24. The fourth-order valence-corrected chi connectivity index (χ4v) is 5.64. The Morgan fingerprint density at radius 2 is 1.87 bits per heavy atom. The van der Waals surface area contributed by atoms with Gasteiger partial charge in [0.25, 0.3) is 0 Å². The molecule has 0 bridgehead atoms. The van der Waals surface area contributed by atoms with Crippen LogP contribution in [-0.2, 0) is 9.89 Å². The lowest BCUT2D eigenvalue weighted by Gasteiger charge is -2.35. The van der Waals surface area contributed by atoms with E-state index >= 15 is 0 Å². The molecule has 2 aromatic carbocycles. The summed E-state index contributed by atoms with van der Waals surface area (Å²) in [5.41, 5.74) is 5.07. The molecule has 0 spiro atoms. The van der Waals surface area contributed by atoms with Crippen LogP contribution >= 0.6 is 8.58 Å². The summed E-state index contributed by atoms with van der Waals surface area (Å²) >= 11 is 0. The average Bonchev–Trinajstić information content (AvgIpc) is 2.77. The van der Waals surface area contributed by atoms with Gasteiger partial charge in [-0.1, -0.05) is 72.2 Å². The molecular formula is C26H38NO2P. The van der Waals surface area contributed by atoms with Gasteiger partial charge in [0.1, 0.15) is 5.75 Å². The van der Waals surface area contributed by atoms with Crippen molar-refractivity contribution >= 4 is 20.1 Å². The Morgan fingerprint density at radius 3 is 2.47 bits per heavy atom. The van der Waals surface area contributed by atoms with E-state index in [9.17, 15) is 0 Å². The van der Waals surface area contributed by atoms with Gasteiger partial charge in [-0.3, -0.25) is 4.99 Å². The van der Waals surface area contributed by atoms with E-state index in [0.717, 1.165) is 25.0 Å². The summed E-state index contributed by atoms with van der Waals surface area (Å²) < 4.78 is 11.5. The zero-order chi connectivity index (χ0) is 22.1. The van der Waals surface area contributed by atoms with Crippen molar-refractivity contribution in [3.63, 3.8) is 0 Å². The van der Waals surface area contributed by atoms with E-state index in [1.807, 2.05) is 13.3 Å². The Labute approximate surface area is 185 Å². The molecule has 0 radical (unpaired) electrons. The number of ether oxygens (including phenoxy) is 2. The lowest BCUT2D eigenvalue weighted by Crippen LogP contribution is -2.25. The molecule has 0 saturated heterocycles. The number of rotatable bonds is 11. The van der Waals surface area contributed by atoms with E-state index in [1.54, 1.807) is 7.11 Å². The molecule has 2 rings (SSSR count). The van der Waals surface area contributed by atoms with Crippen molar-refractivity contribution in [1.29, 1.82) is 0 Å². The highest BCUT2D eigenvalue weighted by atomic mass is 31.1. The molecule has 0 saturated carbocycles. The van der Waals surface area contributed by atoms with Crippen LogP contribution in [0.4, 0.5) is 0 Å². The van der Waals surface area contributed by atoms with Crippen molar-refractivity contribution in [2.24, 2.45) is 4.99 Å². The summed E-state index contributed by atoms with van der Waals surface area (Å²) in [6, 6.07) is 13.4. The standard InChI is InChI=1S/C26H38NO2P/c1-8-20(5)22-12-11-13-23(25(22)29-18-28-7)26(9-2,10-3)30-24-15-14-19(4)16-21(24)17-27-6/h11-17,20,30H,8-10,18H2,1-7H3/b27-17+. The molecule has 0 N–H and O–H groups in total. The minimum Gasteiger partial charge on any atom is -0.467 e. The zero-order valence-corrected chi connectivity index (χ0v) is 20.7. The van der Waals surface area contributed by atoms with Crippen LogP contribution in [-0.4, -0.2) is 27.2 Å². The number of hydrogen-bond acceptors (Lipinski definition) is 3. The Kier molecular flexibility index (Phi) is 9.52. The second-order valence-corrected chi connectivity index (χ2v) is 9.72. The largest absolute Gasteiger partial charge is 0.467 e. The second kappa shape index (κ2) is 11.6. The summed E-state index contributed by atoms with van der Waals surface area (Å²) in [4.78, 5) is 4.31. The number of aryl methyl sites for hydroxylation is 1. The molecule has 2 unspecified atom stereocenters. The molecule has 0 fully saturated rings. The molecule has 0 heterocycles. The number of aliphatic imine (C=N–C) groups is 1. The van der Waals surface area contributed by atoms with Gasteiger partial charge in [-0.2, -0.15) is 0 Å². The third-order valence-electron chi connectivity index (χ3n) is 6.08. The highest BCUT2D eigenvalue weighted by Gasteiger charge is 2.34. The summed E-state index contributed by atoms with van der Waals surface area (Å²) in [5.74, 6) is 1.46. The normalized spacial score (nSPS) is 13.4. The quantitative estimate of drug-likeness (QED) is 0.231. The molecule has 0 aromatic heterocycles.